The molecule has 0 radical (unpaired) electrons. The zero-order chi connectivity index (χ0) is 18.1. The average molecular weight is 351 g/mol. The van der Waals surface area contributed by atoms with Crippen LogP contribution in [0.1, 0.15) is 18.2 Å². The van der Waals surface area contributed by atoms with Crippen LogP contribution in [0.5, 0.6) is 0 Å². The zero-order valence-corrected chi connectivity index (χ0v) is 14.6. The molecule has 0 fully saturated rings. The molecular weight excluding hydrogens is 330 g/mol. The molecule has 1 aliphatic rings. The second-order valence-corrected chi connectivity index (χ2v) is 6.25. The molecule has 0 spiro atoms. The minimum absolute atomic E-state index is 0.276. The van der Waals surface area contributed by atoms with Crippen molar-refractivity contribution in [2.24, 2.45) is 0 Å². The number of hydrogen-bond donors (Lipinski definition) is 3. The summed E-state index contributed by atoms with van der Waals surface area (Å²) >= 11 is 0. The Bertz CT molecular complexity index is 966. The molecule has 3 heterocycles. The number of nitrogens with one attached hydrogen (secondary N) is 2. The number of fused-ring (bicyclic) bond motifs is 3. The standard InChI is InChI=1S/C19H21N5O2/c1-2-26-19(25)22-15-7-8-17(23-18(15)20)24-10-9-13-12-5-3-4-6-14(12)21-16(13)11-24/h3-8,21H,2,9-11H2,1H3,(H2,20,23)(H,22,25). The summed E-state index contributed by atoms with van der Waals surface area (Å²) in [5.74, 6) is 1.07. The monoisotopic (exact) mass is 351 g/mol. The van der Waals surface area contributed by atoms with E-state index >= 15 is 0 Å². The van der Waals surface area contributed by atoms with Gasteiger partial charge in [-0.1, -0.05) is 18.2 Å². The number of ether oxygens (including phenoxy) is 1. The number of hydrogen-bond acceptors (Lipinski definition) is 5. The molecule has 0 bridgehead atoms. The van der Waals surface area contributed by atoms with E-state index in [0.29, 0.717) is 12.3 Å². The second kappa shape index (κ2) is 6.59. The smallest absolute Gasteiger partial charge is 0.411 e. The van der Waals surface area contributed by atoms with Gasteiger partial charge in [0.25, 0.3) is 0 Å². The highest BCUT2D eigenvalue weighted by Gasteiger charge is 2.22. The molecule has 1 amide bonds. The molecule has 1 aliphatic heterocycles. The molecule has 2 aromatic heterocycles. The summed E-state index contributed by atoms with van der Waals surface area (Å²) in [4.78, 5) is 21.7. The topological polar surface area (TPSA) is 96.3 Å². The molecule has 3 aromatic rings. The molecule has 26 heavy (non-hydrogen) atoms. The number of carbonyl (C=O) groups is 1. The molecule has 0 aliphatic carbocycles. The summed E-state index contributed by atoms with van der Waals surface area (Å²) in [6, 6.07) is 12.0. The molecule has 4 rings (SSSR count). The maximum atomic E-state index is 11.5. The van der Waals surface area contributed by atoms with Gasteiger partial charge in [0.2, 0.25) is 0 Å². The van der Waals surface area contributed by atoms with Crippen molar-refractivity contribution in [2.45, 2.75) is 19.9 Å². The molecule has 0 unspecified atom stereocenters. The number of amides is 1. The number of aromatic amines is 1. The SMILES string of the molecule is CCOC(=O)Nc1ccc(N2CCc3c([nH]c4ccccc34)C2)nc1N. The van der Waals surface area contributed by atoms with Crippen LogP contribution in [0.4, 0.5) is 22.1 Å². The first-order valence-corrected chi connectivity index (χ1v) is 8.69. The summed E-state index contributed by atoms with van der Waals surface area (Å²) in [6.07, 6.45) is 0.415. The van der Waals surface area contributed by atoms with Gasteiger partial charge in [0, 0.05) is 23.1 Å². The number of anilines is 3. The highest BCUT2D eigenvalue weighted by Crippen LogP contribution is 2.30. The molecule has 0 atom stereocenters. The summed E-state index contributed by atoms with van der Waals surface area (Å²) < 4.78 is 4.87. The molecule has 1 aromatic carbocycles. The Morgan fingerprint density at radius 3 is 3.00 bits per heavy atom. The molecule has 4 N–H and O–H groups in total. The fourth-order valence-corrected chi connectivity index (χ4v) is 3.41. The number of pyridine rings is 1. The maximum absolute atomic E-state index is 11.5. The van der Waals surface area contributed by atoms with E-state index in [1.165, 1.54) is 22.2 Å². The number of rotatable bonds is 3. The number of carbonyl (C=O) groups excluding carboxylic acids is 1. The summed E-state index contributed by atoms with van der Waals surface area (Å²) in [5.41, 5.74) is 10.2. The van der Waals surface area contributed by atoms with Crippen molar-refractivity contribution in [3.8, 4) is 0 Å². The number of aromatic nitrogens is 2. The van der Waals surface area contributed by atoms with Crippen LogP contribution in [0.25, 0.3) is 10.9 Å². The van der Waals surface area contributed by atoms with E-state index in [0.717, 1.165) is 25.3 Å². The van der Waals surface area contributed by atoms with E-state index < -0.39 is 6.09 Å². The van der Waals surface area contributed by atoms with E-state index in [4.69, 9.17) is 10.5 Å². The lowest BCUT2D eigenvalue weighted by molar-refractivity contribution is 0.168. The fraction of sp³-hybridized carbons (Fsp3) is 0.263. The van der Waals surface area contributed by atoms with Gasteiger partial charge in [-0.2, -0.15) is 0 Å². The number of para-hydroxylation sites is 1. The third kappa shape index (κ3) is 2.92. The molecule has 0 saturated heterocycles. The van der Waals surface area contributed by atoms with Crippen molar-refractivity contribution < 1.29 is 9.53 Å². The van der Waals surface area contributed by atoms with Gasteiger partial charge in [-0.3, -0.25) is 5.32 Å². The van der Waals surface area contributed by atoms with Gasteiger partial charge in [-0.05, 0) is 37.1 Å². The van der Waals surface area contributed by atoms with Crippen LogP contribution in [0, 0.1) is 0 Å². The first-order valence-electron chi connectivity index (χ1n) is 8.69. The Balaban J connectivity index is 1.55. The fourth-order valence-electron chi connectivity index (χ4n) is 3.41. The highest BCUT2D eigenvalue weighted by molar-refractivity contribution is 5.88. The van der Waals surface area contributed by atoms with Crippen molar-refractivity contribution in [1.82, 2.24) is 9.97 Å². The molecule has 134 valence electrons. The summed E-state index contributed by atoms with van der Waals surface area (Å²) in [6.45, 7) is 3.67. The Morgan fingerprint density at radius 1 is 1.35 bits per heavy atom. The van der Waals surface area contributed by atoms with Crippen LogP contribution in [0.3, 0.4) is 0 Å². The van der Waals surface area contributed by atoms with Gasteiger partial charge in [0.05, 0.1) is 18.8 Å². The number of H-pyrrole nitrogens is 1. The molecule has 0 saturated carbocycles. The lowest BCUT2D eigenvalue weighted by Crippen LogP contribution is -2.31. The Labute approximate surface area is 151 Å². The first-order chi connectivity index (χ1) is 12.7. The van der Waals surface area contributed by atoms with Crippen molar-refractivity contribution in [1.29, 1.82) is 0 Å². The van der Waals surface area contributed by atoms with Gasteiger partial charge < -0.3 is 20.4 Å². The second-order valence-electron chi connectivity index (χ2n) is 6.25. The highest BCUT2D eigenvalue weighted by atomic mass is 16.5. The number of benzene rings is 1. The van der Waals surface area contributed by atoms with Crippen molar-refractivity contribution in [2.75, 3.05) is 29.1 Å². The molecule has 7 heteroatoms. The normalized spacial score (nSPS) is 13.5. The van der Waals surface area contributed by atoms with Crippen LogP contribution in [-0.4, -0.2) is 29.2 Å². The van der Waals surface area contributed by atoms with Crippen molar-refractivity contribution in [3.05, 3.63) is 47.7 Å². The zero-order valence-electron chi connectivity index (χ0n) is 14.6. The lowest BCUT2D eigenvalue weighted by Gasteiger charge is -2.28. The predicted molar refractivity (Wildman–Crippen MR) is 102 cm³/mol. The Hall–Kier alpha value is -3.22. The third-order valence-electron chi connectivity index (χ3n) is 4.63. The lowest BCUT2D eigenvalue weighted by atomic mass is 10.0. The van der Waals surface area contributed by atoms with E-state index in [1.54, 1.807) is 13.0 Å². The van der Waals surface area contributed by atoms with E-state index in [1.807, 2.05) is 12.1 Å². The van der Waals surface area contributed by atoms with Crippen molar-refractivity contribution >= 4 is 34.3 Å². The largest absolute Gasteiger partial charge is 0.450 e. The van der Waals surface area contributed by atoms with Crippen LogP contribution in [0.2, 0.25) is 0 Å². The number of nitrogens with two attached hydrogens (primary N) is 1. The predicted octanol–water partition coefficient (Wildman–Crippen LogP) is 3.28. The van der Waals surface area contributed by atoms with Gasteiger partial charge in [-0.15, -0.1) is 0 Å². The summed E-state index contributed by atoms with van der Waals surface area (Å²) in [7, 11) is 0. The number of nitrogen functional groups attached to an aromatic ring is 1. The maximum Gasteiger partial charge on any atom is 0.411 e. The van der Waals surface area contributed by atoms with E-state index in [-0.39, 0.29) is 5.82 Å². The molecular formula is C19H21N5O2. The Morgan fingerprint density at radius 2 is 2.19 bits per heavy atom. The van der Waals surface area contributed by atoms with Crippen LogP contribution in [0.15, 0.2) is 36.4 Å². The van der Waals surface area contributed by atoms with Gasteiger partial charge in [0.15, 0.2) is 0 Å². The third-order valence-corrected chi connectivity index (χ3v) is 4.63. The summed E-state index contributed by atoms with van der Waals surface area (Å²) in [5, 5.41) is 3.90. The van der Waals surface area contributed by atoms with Gasteiger partial charge in [-0.25, -0.2) is 9.78 Å². The quantitative estimate of drug-likeness (QED) is 0.673. The average Bonchev–Trinajstić information content (AvgIpc) is 3.01. The molecule has 7 nitrogen and oxygen atoms in total. The minimum atomic E-state index is -0.533. The Kier molecular flexibility index (Phi) is 4.12. The first kappa shape index (κ1) is 16.3. The van der Waals surface area contributed by atoms with E-state index in [9.17, 15) is 4.79 Å². The van der Waals surface area contributed by atoms with Crippen molar-refractivity contribution in [3.63, 3.8) is 0 Å². The van der Waals surface area contributed by atoms with Crippen LogP contribution >= 0.6 is 0 Å². The van der Waals surface area contributed by atoms with E-state index in [2.05, 4.69) is 38.4 Å². The van der Waals surface area contributed by atoms with Gasteiger partial charge >= 0.3 is 6.09 Å². The number of nitrogens with zero attached hydrogens (tertiary/aromatic N) is 2. The minimum Gasteiger partial charge on any atom is -0.450 e. The van der Waals surface area contributed by atoms with Crippen LogP contribution in [-0.2, 0) is 17.7 Å². The van der Waals surface area contributed by atoms with Crippen LogP contribution < -0.4 is 16.0 Å². The van der Waals surface area contributed by atoms with Gasteiger partial charge in [0.1, 0.15) is 11.6 Å².